The van der Waals surface area contributed by atoms with Gasteiger partial charge in [-0.25, -0.2) is 0 Å². The van der Waals surface area contributed by atoms with E-state index in [9.17, 15) is 4.79 Å². The van der Waals surface area contributed by atoms with Gasteiger partial charge in [0.2, 0.25) is 0 Å². The highest BCUT2D eigenvalue weighted by Crippen LogP contribution is 2.12. The van der Waals surface area contributed by atoms with Crippen LogP contribution in [0.25, 0.3) is 0 Å². The predicted molar refractivity (Wildman–Crippen MR) is 61.7 cm³/mol. The Labute approximate surface area is 97.0 Å². The van der Waals surface area contributed by atoms with Crippen molar-refractivity contribution in [3.63, 3.8) is 0 Å². The minimum Gasteiger partial charge on any atom is -0.332 e. The molecule has 0 fully saturated rings. The van der Waals surface area contributed by atoms with E-state index in [2.05, 4.69) is 15.9 Å². The molecule has 14 heavy (non-hydrogen) atoms. The molecule has 0 aliphatic rings. The fourth-order valence-electron chi connectivity index (χ4n) is 1.08. The van der Waals surface area contributed by atoms with Crippen molar-refractivity contribution in [2.75, 3.05) is 13.6 Å². The van der Waals surface area contributed by atoms with Crippen LogP contribution in [0, 0.1) is 0 Å². The van der Waals surface area contributed by atoms with E-state index < -0.39 is 5.37 Å². The third-order valence-corrected chi connectivity index (χ3v) is 2.71. The van der Waals surface area contributed by atoms with Crippen LogP contribution in [0.4, 0.5) is 4.79 Å². The summed E-state index contributed by atoms with van der Waals surface area (Å²) in [5.41, 5.74) is 1.18. The summed E-state index contributed by atoms with van der Waals surface area (Å²) in [7, 11) is 1.69. The summed E-state index contributed by atoms with van der Waals surface area (Å²) in [6, 6.07) is 8.01. The van der Waals surface area contributed by atoms with Crippen molar-refractivity contribution in [1.82, 2.24) is 4.90 Å². The summed E-state index contributed by atoms with van der Waals surface area (Å²) in [5, 5.41) is -0.417. The van der Waals surface area contributed by atoms with Crippen LogP contribution in [-0.2, 0) is 6.42 Å². The van der Waals surface area contributed by atoms with Gasteiger partial charge in [-0.2, -0.15) is 0 Å². The molecule has 1 aromatic carbocycles. The normalized spacial score (nSPS) is 9.93. The maximum atomic E-state index is 10.7. The highest BCUT2D eigenvalue weighted by molar-refractivity contribution is 9.10. The maximum absolute atomic E-state index is 10.7. The van der Waals surface area contributed by atoms with Gasteiger partial charge in [-0.05, 0) is 35.7 Å². The highest BCUT2D eigenvalue weighted by atomic mass is 79.9. The van der Waals surface area contributed by atoms with Gasteiger partial charge in [0, 0.05) is 18.1 Å². The topological polar surface area (TPSA) is 20.3 Å². The van der Waals surface area contributed by atoms with E-state index in [4.69, 9.17) is 11.6 Å². The van der Waals surface area contributed by atoms with Crippen LogP contribution in [0.1, 0.15) is 5.56 Å². The SMILES string of the molecule is CN(CCc1cccc(Br)c1)C(=O)Cl. The molecule has 0 heterocycles. The van der Waals surface area contributed by atoms with E-state index in [-0.39, 0.29) is 0 Å². The van der Waals surface area contributed by atoms with Crippen LogP contribution in [-0.4, -0.2) is 23.9 Å². The Morgan fingerprint density at radius 1 is 1.57 bits per heavy atom. The molecule has 4 heteroatoms. The Bertz CT molecular complexity index is 330. The maximum Gasteiger partial charge on any atom is 0.316 e. The Hall–Kier alpha value is -0.540. The first kappa shape index (κ1) is 11.5. The molecule has 1 amide bonds. The zero-order valence-corrected chi connectivity index (χ0v) is 10.2. The van der Waals surface area contributed by atoms with Crippen molar-refractivity contribution < 1.29 is 4.79 Å². The average Bonchev–Trinajstić information content (AvgIpc) is 2.14. The van der Waals surface area contributed by atoms with Gasteiger partial charge in [-0.15, -0.1) is 0 Å². The van der Waals surface area contributed by atoms with Gasteiger partial charge in [-0.1, -0.05) is 28.1 Å². The van der Waals surface area contributed by atoms with E-state index in [1.165, 1.54) is 10.5 Å². The number of benzene rings is 1. The van der Waals surface area contributed by atoms with Crippen LogP contribution >= 0.6 is 27.5 Å². The average molecular weight is 277 g/mol. The highest BCUT2D eigenvalue weighted by Gasteiger charge is 2.03. The largest absolute Gasteiger partial charge is 0.332 e. The molecule has 2 nitrogen and oxygen atoms in total. The lowest BCUT2D eigenvalue weighted by atomic mass is 10.1. The fraction of sp³-hybridized carbons (Fsp3) is 0.300. The third kappa shape index (κ3) is 3.68. The molecule has 76 valence electrons. The molecule has 0 aromatic heterocycles. The van der Waals surface area contributed by atoms with Crippen LogP contribution in [0.15, 0.2) is 28.7 Å². The first-order valence-electron chi connectivity index (χ1n) is 4.24. The van der Waals surface area contributed by atoms with Gasteiger partial charge in [0.25, 0.3) is 0 Å². The predicted octanol–water partition coefficient (Wildman–Crippen LogP) is 3.28. The molecule has 0 bridgehead atoms. The summed E-state index contributed by atoms with van der Waals surface area (Å²) in [6.07, 6.45) is 0.814. The second-order valence-electron chi connectivity index (χ2n) is 3.05. The van der Waals surface area contributed by atoms with E-state index in [1.807, 2.05) is 24.3 Å². The van der Waals surface area contributed by atoms with Gasteiger partial charge in [0.1, 0.15) is 0 Å². The van der Waals surface area contributed by atoms with Crippen LogP contribution in [0.3, 0.4) is 0 Å². The van der Waals surface area contributed by atoms with Crippen molar-refractivity contribution in [1.29, 1.82) is 0 Å². The number of nitrogens with zero attached hydrogens (tertiary/aromatic N) is 1. The number of hydrogen-bond acceptors (Lipinski definition) is 1. The molecular weight excluding hydrogens is 265 g/mol. The number of halogens is 2. The summed E-state index contributed by atoms with van der Waals surface area (Å²) in [5.74, 6) is 0. The molecule has 0 aliphatic carbocycles. The molecule has 0 N–H and O–H groups in total. The van der Waals surface area contributed by atoms with Crippen molar-refractivity contribution >= 4 is 32.9 Å². The van der Waals surface area contributed by atoms with Crippen molar-refractivity contribution in [2.45, 2.75) is 6.42 Å². The molecule has 0 radical (unpaired) electrons. The van der Waals surface area contributed by atoms with E-state index in [0.29, 0.717) is 6.54 Å². The molecule has 0 aliphatic heterocycles. The minimum absolute atomic E-state index is 0.417. The number of likely N-dealkylation sites (N-methyl/N-ethyl adjacent to an activating group) is 1. The second-order valence-corrected chi connectivity index (χ2v) is 4.29. The fourth-order valence-corrected chi connectivity index (χ4v) is 1.61. The molecule has 0 atom stereocenters. The van der Waals surface area contributed by atoms with Gasteiger partial charge in [0.15, 0.2) is 0 Å². The number of carbonyl (C=O) groups is 1. The Morgan fingerprint density at radius 3 is 2.86 bits per heavy atom. The Morgan fingerprint density at radius 2 is 2.29 bits per heavy atom. The molecule has 1 rings (SSSR count). The molecule has 0 saturated heterocycles. The minimum atomic E-state index is -0.417. The van der Waals surface area contributed by atoms with E-state index >= 15 is 0 Å². The quantitative estimate of drug-likeness (QED) is 0.613. The first-order chi connectivity index (χ1) is 6.59. The Balaban J connectivity index is 2.49. The van der Waals surface area contributed by atoms with Gasteiger partial charge in [0.05, 0.1) is 0 Å². The first-order valence-corrected chi connectivity index (χ1v) is 5.42. The number of amides is 1. The van der Waals surface area contributed by atoms with Gasteiger partial charge >= 0.3 is 5.37 Å². The molecule has 0 unspecified atom stereocenters. The summed E-state index contributed by atoms with van der Waals surface area (Å²) in [4.78, 5) is 12.2. The molecule has 0 spiro atoms. The monoisotopic (exact) mass is 275 g/mol. The number of hydrogen-bond donors (Lipinski definition) is 0. The standard InChI is InChI=1S/C10H11BrClNO/c1-13(10(12)14)6-5-8-3-2-4-9(11)7-8/h2-4,7H,5-6H2,1H3. The van der Waals surface area contributed by atoms with E-state index in [1.54, 1.807) is 7.05 Å². The molecular formula is C10H11BrClNO. The van der Waals surface area contributed by atoms with E-state index in [0.717, 1.165) is 10.9 Å². The zero-order valence-electron chi connectivity index (χ0n) is 7.84. The molecule has 0 saturated carbocycles. The van der Waals surface area contributed by atoms with Crippen molar-refractivity contribution in [3.8, 4) is 0 Å². The summed E-state index contributed by atoms with van der Waals surface area (Å²) in [6.45, 7) is 0.638. The lowest BCUT2D eigenvalue weighted by molar-refractivity contribution is 0.232. The van der Waals surface area contributed by atoms with Crippen molar-refractivity contribution in [2.24, 2.45) is 0 Å². The third-order valence-electron chi connectivity index (χ3n) is 1.93. The second kappa shape index (κ2) is 5.37. The number of rotatable bonds is 3. The zero-order chi connectivity index (χ0) is 10.6. The van der Waals surface area contributed by atoms with Crippen molar-refractivity contribution in [3.05, 3.63) is 34.3 Å². The smallest absolute Gasteiger partial charge is 0.316 e. The number of carbonyl (C=O) groups excluding carboxylic acids is 1. The van der Waals surface area contributed by atoms with Gasteiger partial charge in [-0.3, -0.25) is 4.79 Å². The lowest BCUT2D eigenvalue weighted by Crippen LogP contribution is -2.23. The lowest BCUT2D eigenvalue weighted by Gasteiger charge is -2.12. The summed E-state index contributed by atoms with van der Waals surface area (Å²) >= 11 is 8.69. The summed E-state index contributed by atoms with van der Waals surface area (Å²) < 4.78 is 1.05. The Kier molecular flexibility index (Phi) is 4.42. The van der Waals surface area contributed by atoms with Crippen LogP contribution in [0.5, 0.6) is 0 Å². The molecule has 1 aromatic rings. The van der Waals surface area contributed by atoms with Crippen LogP contribution in [0.2, 0.25) is 0 Å². The van der Waals surface area contributed by atoms with Crippen LogP contribution < -0.4 is 0 Å². The van der Waals surface area contributed by atoms with Gasteiger partial charge < -0.3 is 4.90 Å².